The van der Waals surface area contributed by atoms with E-state index in [0.29, 0.717) is 17.5 Å². The number of aromatic nitrogens is 1. The third kappa shape index (κ3) is 2.48. The fraction of sp³-hybridized carbons (Fsp3) is 0.556. The normalized spacial score (nSPS) is 9.62. The number of nitriles is 1. The zero-order chi connectivity index (χ0) is 9.68. The first-order valence-corrected chi connectivity index (χ1v) is 4.39. The summed E-state index contributed by atoms with van der Waals surface area (Å²) in [6.07, 6.45) is 2.17. The number of rotatable bonds is 4. The molecule has 4 heteroatoms. The van der Waals surface area contributed by atoms with Crippen LogP contribution in [-0.2, 0) is 0 Å². The highest BCUT2D eigenvalue weighted by molar-refractivity contribution is 5.44. The van der Waals surface area contributed by atoms with Crippen molar-refractivity contribution in [2.75, 3.05) is 11.9 Å². The Morgan fingerprint density at radius 2 is 2.38 bits per heavy atom. The summed E-state index contributed by atoms with van der Waals surface area (Å²) < 4.78 is 5.21. The first-order chi connectivity index (χ1) is 6.27. The first kappa shape index (κ1) is 9.59. The standard InChI is InChI=1S/C9H13N3O/c1-3-4-5-11-9-8(6-10)12-7(2)13-9/h11H,3-5H2,1-2H3. The largest absolute Gasteiger partial charge is 0.424 e. The van der Waals surface area contributed by atoms with Gasteiger partial charge in [0.2, 0.25) is 11.6 Å². The van der Waals surface area contributed by atoms with Crippen LogP contribution in [0.15, 0.2) is 4.42 Å². The highest BCUT2D eigenvalue weighted by Gasteiger charge is 2.08. The number of oxazole rings is 1. The molecule has 0 spiro atoms. The second-order valence-corrected chi connectivity index (χ2v) is 2.80. The van der Waals surface area contributed by atoms with Crippen LogP contribution in [0.25, 0.3) is 0 Å². The number of hydrogen-bond acceptors (Lipinski definition) is 4. The Kier molecular flexibility index (Phi) is 3.32. The molecule has 0 saturated heterocycles. The molecule has 1 heterocycles. The quantitative estimate of drug-likeness (QED) is 0.718. The Morgan fingerprint density at radius 1 is 1.62 bits per heavy atom. The number of hydrogen-bond donors (Lipinski definition) is 1. The van der Waals surface area contributed by atoms with E-state index in [-0.39, 0.29) is 0 Å². The van der Waals surface area contributed by atoms with Crippen LogP contribution in [0.5, 0.6) is 0 Å². The fourth-order valence-electron chi connectivity index (χ4n) is 1.00. The van der Waals surface area contributed by atoms with Gasteiger partial charge in [0, 0.05) is 13.5 Å². The molecule has 0 aromatic carbocycles. The average molecular weight is 179 g/mol. The summed E-state index contributed by atoms with van der Waals surface area (Å²) in [6, 6.07) is 1.98. The van der Waals surface area contributed by atoms with Crippen molar-refractivity contribution in [1.29, 1.82) is 5.26 Å². The van der Waals surface area contributed by atoms with Crippen molar-refractivity contribution in [1.82, 2.24) is 4.98 Å². The summed E-state index contributed by atoms with van der Waals surface area (Å²) in [4.78, 5) is 3.92. The lowest BCUT2D eigenvalue weighted by molar-refractivity contribution is 0.531. The highest BCUT2D eigenvalue weighted by atomic mass is 16.4. The van der Waals surface area contributed by atoms with Gasteiger partial charge in [-0.05, 0) is 6.42 Å². The van der Waals surface area contributed by atoms with E-state index in [1.807, 2.05) is 6.07 Å². The zero-order valence-corrected chi connectivity index (χ0v) is 7.92. The number of unbranched alkanes of at least 4 members (excludes halogenated alkanes) is 1. The van der Waals surface area contributed by atoms with Gasteiger partial charge in [-0.2, -0.15) is 5.26 Å². The summed E-state index contributed by atoms with van der Waals surface area (Å²) in [7, 11) is 0. The highest BCUT2D eigenvalue weighted by Crippen LogP contribution is 2.15. The number of nitrogens with zero attached hydrogens (tertiary/aromatic N) is 2. The third-order valence-corrected chi connectivity index (χ3v) is 1.66. The summed E-state index contributed by atoms with van der Waals surface area (Å²) in [5.74, 6) is 1.02. The van der Waals surface area contributed by atoms with Crippen LogP contribution in [0.1, 0.15) is 31.4 Å². The summed E-state index contributed by atoms with van der Waals surface area (Å²) in [6.45, 7) is 4.66. The molecular formula is C9H13N3O. The van der Waals surface area contributed by atoms with E-state index in [1.54, 1.807) is 6.92 Å². The molecule has 1 N–H and O–H groups in total. The van der Waals surface area contributed by atoms with Crippen LogP contribution >= 0.6 is 0 Å². The van der Waals surface area contributed by atoms with E-state index in [0.717, 1.165) is 19.4 Å². The molecule has 0 radical (unpaired) electrons. The second kappa shape index (κ2) is 4.51. The second-order valence-electron chi connectivity index (χ2n) is 2.80. The van der Waals surface area contributed by atoms with E-state index in [9.17, 15) is 0 Å². The molecule has 13 heavy (non-hydrogen) atoms. The monoisotopic (exact) mass is 179 g/mol. The van der Waals surface area contributed by atoms with Crippen LogP contribution < -0.4 is 5.32 Å². The Hall–Kier alpha value is -1.50. The van der Waals surface area contributed by atoms with E-state index in [1.165, 1.54) is 0 Å². The van der Waals surface area contributed by atoms with Crippen molar-refractivity contribution in [3.8, 4) is 6.07 Å². The van der Waals surface area contributed by atoms with Crippen molar-refractivity contribution in [2.24, 2.45) is 0 Å². The molecule has 0 amide bonds. The number of aryl methyl sites for hydroxylation is 1. The Bertz CT molecular complexity index is 311. The minimum absolute atomic E-state index is 0.341. The molecule has 0 aliphatic carbocycles. The third-order valence-electron chi connectivity index (χ3n) is 1.66. The molecule has 1 aromatic rings. The fourth-order valence-corrected chi connectivity index (χ4v) is 1.00. The summed E-state index contributed by atoms with van der Waals surface area (Å²) >= 11 is 0. The summed E-state index contributed by atoms with van der Waals surface area (Å²) in [5, 5.41) is 11.7. The molecule has 0 fully saturated rings. The maximum absolute atomic E-state index is 8.68. The molecule has 70 valence electrons. The van der Waals surface area contributed by atoms with Crippen molar-refractivity contribution >= 4 is 5.88 Å². The van der Waals surface area contributed by atoms with Gasteiger partial charge in [-0.25, -0.2) is 4.98 Å². The van der Waals surface area contributed by atoms with Gasteiger partial charge in [0.25, 0.3) is 0 Å². The van der Waals surface area contributed by atoms with Crippen LogP contribution in [-0.4, -0.2) is 11.5 Å². The maximum Gasteiger partial charge on any atom is 0.232 e. The Balaban J connectivity index is 2.60. The summed E-state index contributed by atoms with van der Waals surface area (Å²) in [5.41, 5.74) is 0.341. The van der Waals surface area contributed by atoms with E-state index in [4.69, 9.17) is 9.68 Å². The Morgan fingerprint density at radius 3 is 3.00 bits per heavy atom. The molecule has 4 nitrogen and oxygen atoms in total. The van der Waals surface area contributed by atoms with Crippen molar-refractivity contribution in [2.45, 2.75) is 26.7 Å². The molecule has 1 aromatic heterocycles. The van der Waals surface area contributed by atoms with Crippen molar-refractivity contribution in [3.05, 3.63) is 11.6 Å². The van der Waals surface area contributed by atoms with E-state index in [2.05, 4.69) is 17.2 Å². The minimum atomic E-state index is 0.341. The molecule has 0 saturated carbocycles. The lowest BCUT2D eigenvalue weighted by Crippen LogP contribution is -2.00. The minimum Gasteiger partial charge on any atom is -0.424 e. The molecule has 0 atom stereocenters. The number of anilines is 1. The Labute approximate surface area is 77.6 Å². The predicted octanol–water partition coefficient (Wildman–Crippen LogP) is 2.07. The van der Waals surface area contributed by atoms with Crippen molar-refractivity contribution < 1.29 is 4.42 Å². The number of nitrogens with one attached hydrogen (secondary N) is 1. The molecule has 1 rings (SSSR count). The zero-order valence-electron chi connectivity index (χ0n) is 7.92. The SMILES string of the molecule is CCCCNc1oc(C)nc1C#N. The molecule has 0 aliphatic rings. The van der Waals surface area contributed by atoms with Gasteiger partial charge in [-0.15, -0.1) is 0 Å². The van der Waals surface area contributed by atoms with E-state index < -0.39 is 0 Å². The van der Waals surface area contributed by atoms with Gasteiger partial charge in [-0.1, -0.05) is 13.3 Å². The lowest BCUT2D eigenvalue weighted by atomic mass is 10.3. The molecule has 0 bridgehead atoms. The predicted molar refractivity (Wildman–Crippen MR) is 49.4 cm³/mol. The molecule has 0 aliphatic heterocycles. The van der Waals surface area contributed by atoms with Crippen LogP contribution in [0.4, 0.5) is 5.88 Å². The van der Waals surface area contributed by atoms with Crippen molar-refractivity contribution in [3.63, 3.8) is 0 Å². The van der Waals surface area contributed by atoms with Gasteiger partial charge in [0.15, 0.2) is 5.89 Å². The maximum atomic E-state index is 8.68. The van der Waals surface area contributed by atoms with Gasteiger partial charge in [0.1, 0.15) is 6.07 Å². The molecule has 0 unspecified atom stereocenters. The van der Waals surface area contributed by atoms with Gasteiger partial charge >= 0.3 is 0 Å². The van der Waals surface area contributed by atoms with Gasteiger partial charge < -0.3 is 9.73 Å². The van der Waals surface area contributed by atoms with E-state index >= 15 is 0 Å². The van der Waals surface area contributed by atoms with Gasteiger partial charge in [-0.3, -0.25) is 0 Å². The topological polar surface area (TPSA) is 61.9 Å². The van der Waals surface area contributed by atoms with Crippen LogP contribution in [0, 0.1) is 18.3 Å². The first-order valence-electron chi connectivity index (χ1n) is 4.39. The van der Waals surface area contributed by atoms with Crippen LogP contribution in [0.2, 0.25) is 0 Å². The van der Waals surface area contributed by atoms with Gasteiger partial charge in [0.05, 0.1) is 0 Å². The average Bonchev–Trinajstić information content (AvgIpc) is 2.47. The smallest absolute Gasteiger partial charge is 0.232 e. The molecular weight excluding hydrogens is 166 g/mol. The lowest BCUT2D eigenvalue weighted by Gasteiger charge is -1.99. The van der Waals surface area contributed by atoms with Crippen LogP contribution in [0.3, 0.4) is 0 Å².